The zero-order valence-electron chi connectivity index (χ0n) is 17.9. The summed E-state index contributed by atoms with van der Waals surface area (Å²) in [6.07, 6.45) is 3.46. The molecule has 1 aromatic carbocycles. The van der Waals surface area contributed by atoms with Gasteiger partial charge in [0.15, 0.2) is 5.75 Å². The first-order chi connectivity index (χ1) is 15.5. The van der Waals surface area contributed by atoms with Gasteiger partial charge in [0.2, 0.25) is 0 Å². The molecule has 0 radical (unpaired) electrons. The van der Waals surface area contributed by atoms with Gasteiger partial charge in [-0.2, -0.15) is 4.39 Å². The minimum Gasteiger partial charge on any atom is -0.405 e. The van der Waals surface area contributed by atoms with Crippen LogP contribution in [0.4, 0.5) is 13.6 Å². The Morgan fingerprint density at radius 3 is 2.56 bits per heavy atom. The number of piperidine rings is 1. The maximum atomic E-state index is 13.6. The number of carbonyl (C=O) groups is 2. The fourth-order valence-electron chi connectivity index (χ4n) is 3.82. The van der Waals surface area contributed by atoms with Crippen LogP contribution >= 0.6 is 0 Å². The van der Waals surface area contributed by atoms with Gasteiger partial charge >= 0.3 is 6.09 Å². The molecule has 1 saturated heterocycles. The van der Waals surface area contributed by atoms with E-state index in [1.165, 1.54) is 47.5 Å². The van der Waals surface area contributed by atoms with Crippen LogP contribution in [-0.4, -0.2) is 54.7 Å². The van der Waals surface area contributed by atoms with Gasteiger partial charge in [-0.1, -0.05) is 0 Å². The Morgan fingerprint density at radius 2 is 1.91 bits per heavy atom. The third kappa shape index (κ3) is 6.46. The van der Waals surface area contributed by atoms with Crippen molar-refractivity contribution >= 4 is 12.0 Å². The van der Waals surface area contributed by atoms with Gasteiger partial charge < -0.3 is 19.7 Å². The van der Waals surface area contributed by atoms with E-state index in [0.717, 1.165) is 12.8 Å². The third-order valence-electron chi connectivity index (χ3n) is 5.58. The standard InChI is InChI=1S/C23H27F2N3O4/c1-31-15-3-4-19(27-22(29)17-6-8-18(24)9-7-17)16-10-13-28(14-11-16)23(30)32-20-5-2-12-26-21(20)25/h2,5-9,12,16,19H,3-4,10-11,13-15H2,1H3,(H,27,29). The van der Waals surface area contributed by atoms with Gasteiger partial charge in [0.05, 0.1) is 0 Å². The average Bonchev–Trinajstić information content (AvgIpc) is 2.80. The molecule has 1 N–H and O–H groups in total. The first-order valence-corrected chi connectivity index (χ1v) is 10.6. The van der Waals surface area contributed by atoms with Gasteiger partial charge in [0, 0.05) is 44.6 Å². The number of benzene rings is 1. The van der Waals surface area contributed by atoms with Crippen LogP contribution in [0.15, 0.2) is 42.6 Å². The van der Waals surface area contributed by atoms with Crippen molar-refractivity contribution in [1.82, 2.24) is 15.2 Å². The van der Waals surface area contributed by atoms with Crippen molar-refractivity contribution in [2.45, 2.75) is 31.7 Å². The van der Waals surface area contributed by atoms with Crippen LogP contribution in [0, 0.1) is 17.7 Å². The second kappa shape index (κ2) is 11.5. The van der Waals surface area contributed by atoms with Crippen LogP contribution in [0.5, 0.6) is 5.75 Å². The number of pyridine rings is 1. The number of rotatable bonds is 8. The van der Waals surface area contributed by atoms with Gasteiger partial charge in [-0.15, -0.1) is 0 Å². The van der Waals surface area contributed by atoms with Crippen LogP contribution < -0.4 is 10.1 Å². The van der Waals surface area contributed by atoms with E-state index in [1.807, 2.05) is 0 Å². The molecule has 2 amide bonds. The zero-order chi connectivity index (χ0) is 22.9. The molecule has 0 bridgehead atoms. The number of ether oxygens (including phenoxy) is 2. The van der Waals surface area contributed by atoms with Gasteiger partial charge in [-0.05, 0) is 68.0 Å². The van der Waals surface area contributed by atoms with E-state index >= 15 is 0 Å². The Balaban J connectivity index is 1.58. The predicted octanol–water partition coefficient (Wildman–Crippen LogP) is 3.80. The van der Waals surface area contributed by atoms with Gasteiger partial charge in [0.1, 0.15) is 5.82 Å². The summed E-state index contributed by atoms with van der Waals surface area (Å²) >= 11 is 0. The zero-order valence-corrected chi connectivity index (χ0v) is 17.9. The van der Waals surface area contributed by atoms with E-state index in [4.69, 9.17) is 9.47 Å². The summed E-state index contributed by atoms with van der Waals surface area (Å²) in [4.78, 5) is 30.0. The molecule has 7 nitrogen and oxygen atoms in total. The second-order valence-electron chi connectivity index (χ2n) is 7.71. The molecule has 0 spiro atoms. The molecule has 1 aliphatic rings. The fourth-order valence-corrected chi connectivity index (χ4v) is 3.82. The summed E-state index contributed by atoms with van der Waals surface area (Å²) in [5.74, 6) is -1.55. The van der Waals surface area contributed by atoms with Crippen molar-refractivity contribution in [3.8, 4) is 5.75 Å². The molecule has 32 heavy (non-hydrogen) atoms. The molecule has 1 aromatic heterocycles. The van der Waals surface area contributed by atoms with Crippen molar-refractivity contribution in [2.75, 3.05) is 26.8 Å². The number of likely N-dealkylation sites (tertiary alicyclic amines) is 1. The Labute approximate surface area is 185 Å². The molecule has 1 fully saturated rings. The van der Waals surface area contributed by atoms with E-state index in [-0.39, 0.29) is 23.6 Å². The van der Waals surface area contributed by atoms with Crippen molar-refractivity contribution in [1.29, 1.82) is 0 Å². The topological polar surface area (TPSA) is 80.8 Å². The molecule has 2 heterocycles. The normalized spacial score (nSPS) is 15.3. The van der Waals surface area contributed by atoms with Gasteiger partial charge in [-0.25, -0.2) is 14.2 Å². The summed E-state index contributed by atoms with van der Waals surface area (Å²) in [7, 11) is 1.63. The maximum absolute atomic E-state index is 13.6. The highest BCUT2D eigenvalue weighted by molar-refractivity contribution is 5.94. The van der Waals surface area contributed by atoms with E-state index in [2.05, 4.69) is 10.3 Å². The second-order valence-corrected chi connectivity index (χ2v) is 7.71. The Morgan fingerprint density at radius 1 is 1.19 bits per heavy atom. The fraction of sp³-hybridized carbons (Fsp3) is 0.435. The Hall–Kier alpha value is -3.07. The molecular formula is C23H27F2N3O4. The van der Waals surface area contributed by atoms with Crippen LogP contribution in [0.2, 0.25) is 0 Å². The summed E-state index contributed by atoms with van der Waals surface area (Å²) in [6.45, 7) is 1.43. The number of nitrogens with zero attached hydrogens (tertiary/aromatic N) is 2. The lowest BCUT2D eigenvalue weighted by Crippen LogP contribution is -2.47. The van der Waals surface area contributed by atoms with Crippen molar-refractivity contribution in [3.05, 3.63) is 59.9 Å². The van der Waals surface area contributed by atoms with Crippen LogP contribution in [0.1, 0.15) is 36.0 Å². The number of amides is 2. The maximum Gasteiger partial charge on any atom is 0.415 e. The first-order valence-electron chi connectivity index (χ1n) is 10.6. The summed E-state index contributed by atoms with van der Waals surface area (Å²) < 4.78 is 37.1. The molecule has 1 aliphatic heterocycles. The average molecular weight is 447 g/mol. The number of carbonyl (C=O) groups excluding carboxylic acids is 2. The number of aromatic nitrogens is 1. The van der Waals surface area contributed by atoms with Crippen LogP contribution in [-0.2, 0) is 4.74 Å². The largest absolute Gasteiger partial charge is 0.415 e. The lowest BCUT2D eigenvalue weighted by atomic mass is 9.86. The number of nitrogens with one attached hydrogen (secondary N) is 1. The van der Waals surface area contributed by atoms with Crippen LogP contribution in [0.3, 0.4) is 0 Å². The number of halogens is 2. The Kier molecular flexibility index (Phi) is 8.49. The summed E-state index contributed by atoms with van der Waals surface area (Å²) in [5, 5.41) is 3.06. The summed E-state index contributed by atoms with van der Waals surface area (Å²) in [6, 6.07) is 8.14. The predicted molar refractivity (Wildman–Crippen MR) is 113 cm³/mol. The number of hydrogen-bond acceptors (Lipinski definition) is 5. The van der Waals surface area contributed by atoms with E-state index < -0.39 is 17.9 Å². The van der Waals surface area contributed by atoms with Crippen LogP contribution in [0.25, 0.3) is 0 Å². The highest BCUT2D eigenvalue weighted by atomic mass is 19.1. The van der Waals surface area contributed by atoms with E-state index in [1.54, 1.807) is 7.11 Å². The highest BCUT2D eigenvalue weighted by Gasteiger charge is 2.30. The van der Waals surface area contributed by atoms with E-state index in [0.29, 0.717) is 38.1 Å². The first kappa shape index (κ1) is 23.6. The van der Waals surface area contributed by atoms with Crippen molar-refractivity contribution < 1.29 is 27.8 Å². The third-order valence-corrected chi connectivity index (χ3v) is 5.58. The number of methoxy groups -OCH3 is 1. The molecule has 0 aliphatic carbocycles. The van der Waals surface area contributed by atoms with Gasteiger partial charge in [0.25, 0.3) is 11.9 Å². The molecule has 9 heteroatoms. The lowest BCUT2D eigenvalue weighted by Gasteiger charge is -2.36. The van der Waals surface area contributed by atoms with Gasteiger partial charge in [-0.3, -0.25) is 4.79 Å². The number of hydrogen-bond donors (Lipinski definition) is 1. The molecule has 172 valence electrons. The van der Waals surface area contributed by atoms with E-state index in [9.17, 15) is 18.4 Å². The monoisotopic (exact) mass is 447 g/mol. The molecule has 2 aromatic rings. The molecule has 3 rings (SSSR count). The SMILES string of the molecule is COCCCC(NC(=O)c1ccc(F)cc1)C1CCN(C(=O)Oc2cccnc2F)CC1. The highest BCUT2D eigenvalue weighted by Crippen LogP contribution is 2.25. The minimum atomic E-state index is -0.836. The lowest BCUT2D eigenvalue weighted by molar-refractivity contribution is 0.0868. The minimum absolute atomic E-state index is 0.114. The molecule has 1 atom stereocenters. The van der Waals surface area contributed by atoms with Crippen molar-refractivity contribution in [2.24, 2.45) is 5.92 Å². The van der Waals surface area contributed by atoms with Crippen molar-refractivity contribution in [3.63, 3.8) is 0 Å². The molecular weight excluding hydrogens is 420 g/mol. The quantitative estimate of drug-likeness (QED) is 0.492. The summed E-state index contributed by atoms with van der Waals surface area (Å²) in [5.41, 5.74) is 0.391. The Bertz CT molecular complexity index is 902. The molecule has 1 unspecified atom stereocenters. The smallest absolute Gasteiger partial charge is 0.405 e. The molecule has 0 saturated carbocycles.